The first-order chi connectivity index (χ1) is 8.74. The molecule has 0 bridgehead atoms. The minimum absolute atomic E-state index is 0.0191. The second kappa shape index (κ2) is 4.27. The smallest absolute Gasteiger partial charge is 0.262 e. The lowest BCUT2D eigenvalue weighted by Crippen LogP contribution is -2.25. The Bertz CT molecular complexity index is 619. The van der Waals surface area contributed by atoms with Crippen LogP contribution in [0.15, 0.2) is 35.7 Å². The number of ketones is 1. The van der Waals surface area contributed by atoms with Crippen molar-refractivity contribution >= 4 is 28.7 Å². The molecule has 3 rings (SSSR count). The van der Waals surface area contributed by atoms with E-state index in [1.807, 2.05) is 11.4 Å². The highest BCUT2D eigenvalue weighted by molar-refractivity contribution is 7.12. The Morgan fingerprint density at radius 2 is 2.22 bits per heavy atom. The number of amides is 1. The number of fused-ring (bicyclic) bond motifs is 1. The molecule has 0 radical (unpaired) electrons. The topological polar surface area (TPSA) is 55.4 Å². The first kappa shape index (κ1) is 11.0. The molecule has 5 heteroatoms. The number of hydrogen-bond donors (Lipinski definition) is 1. The maximum absolute atomic E-state index is 12.1. The number of ether oxygens (including phenoxy) is 1. The summed E-state index contributed by atoms with van der Waals surface area (Å²) in [7, 11) is 0. The van der Waals surface area contributed by atoms with Crippen molar-refractivity contribution in [3.05, 3.63) is 46.2 Å². The van der Waals surface area contributed by atoms with Crippen molar-refractivity contribution in [2.45, 2.75) is 0 Å². The Morgan fingerprint density at radius 3 is 3.00 bits per heavy atom. The zero-order valence-corrected chi connectivity index (χ0v) is 10.1. The van der Waals surface area contributed by atoms with Gasteiger partial charge in [0.25, 0.3) is 5.91 Å². The van der Waals surface area contributed by atoms with Crippen molar-refractivity contribution in [1.29, 1.82) is 0 Å². The molecule has 0 saturated carbocycles. The first-order valence-corrected chi connectivity index (χ1v) is 6.27. The van der Waals surface area contributed by atoms with Gasteiger partial charge in [0, 0.05) is 5.56 Å². The van der Waals surface area contributed by atoms with Crippen LogP contribution in [0.4, 0.5) is 5.69 Å². The van der Waals surface area contributed by atoms with E-state index in [4.69, 9.17) is 4.74 Å². The van der Waals surface area contributed by atoms with Gasteiger partial charge in [0.15, 0.2) is 6.61 Å². The SMILES string of the molecule is O=C1COc2ccc(C(=O)c3cccs3)cc2N1. The minimum Gasteiger partial charge on any atom is -0.482 e. The maximum atomic E-state index is 12.1. The van der Waals surface area contributed by atoms with Crippen LogP contribution in [-0.2, 0) is 4.79 Å². The van der Waals surface area contributed by atoms with E-state index in [1.54, 1.807) is 24.3 Å². The summed E-state index contributed by atoms with van der Waals surface area (Å²) in [4.78, 5) is 24.0. The lowest BCUT2D eigenvalue weighted by atomic mass is 10.1. The molecule has 1 aliphatic heterocycles. The van der Waals surface area contributed by atoms with Gasteiger partial charge in [-0.15, -0.1) is 11.3 Å². The standard InChI is InChI=1S/C13H9NO3S/c15-12-7-17-10-4-3-8(6-9(10)14-12)13(16)11-2-1-5-18-11/h1-6H,7H2,(H,14,15). The molecule has 0 spiro atoms. The number of benzene rings is 1. The molecule has 0 unspecified atom stereocenters. The van der Waals surface area contributed by atoms with E-state index in [9.17, 15) is 9.59 Å². The average molecular weight is 259 g/mol. The Morgan fingerprint density at radius 1 is 1.33 bits per heavy atom. The molecule has 0 saturated heterocycles. The predicted octanol–water partition coefficient (Wildman–Crippen LogP) is 2.31. The summed E-state index contributed by atoms with van der Waals surface area (Å²) in [5.41, 5.74) is 1.09. The van der Waals surface area contributed by atoms with Crippen molar-refractivity contribution in [2.24, 2.45) is 0 Å². The van der Waals surface area contributed by atoms with Crippen LogP contribution in [0.5, 0.6) is 5.75 Å². The quantitative estimate of drug-likeness (QED) is 0.842. The highest BCUT2D eigenvalue weighted by Crippen LogP contribution is 2.29. The third kappa shape index (κ3) is 1.89. The molecule has 1 aliphatic rings. The van der Waals surface area contributed by atoms with Crippen LogP contribution in [-0.4, -0.2) is 18.3 Å². The van der Waals surface area contributed by atoms with Gasteiger partial charge in [-0.25, -0.2) is 0 Å². The van der Waals surface area contributed by atoms with Crippen LogP contribution in [0.25, 0.3) is 0 Å². The van der Waals surface area contributed by atoms with Crippen molar-refractivity contribution in [3.8, 4) is 5.75 Å². The molecule has 1 amide bonds. The highest BCUT2D eigenvalue weighted by Gasteiger charge is 2.18. The minimum atomic E-state index is -0.205. The number of rotatable bonds is 2. The van der Waals surface area contributed by atoms with Gasteiger partial charge in [0.05, 0.1) is 10.6 Å². The molecular weight excluding hydrogens is 250 g/mol. The normalized spacial score (nSPS) is 13.4. The number of nitrogens with one attached hydrogen (secondary N) is 1. The molecule has 0 aliphatic carbocycles. The van der Waals surface area contributed by atoms with Crippen LogP contribution >= 0.6 is 11.3 Å². The second-order valence-electron chi connectivity index (χ2n) is 3.85. The van der Waals surface area contributed by atoms with Crippen LogP contribution in [0.3, 0.4) is 0 Å². The van der Waals surface area contributed by atoms with Crippen LogP contribution in [0, 0.1) is 0 Å². The van der Waals surface area contributed by atoms with Crippen LogP contribution < -0.4 is 10.1 Å². The van der Waals surface area contributed by atoms with E-state index in [1.165, 1.54) is 11.3 Å². The maximum Gasteiger partial charge on any atom is 0.262 e. The fourth-order valence-electron chi connectivity index (χ4n) is 1.77. The van der Waals surface area contributed by atoms with Crippen LogP contribution in [0.2, 0.25) is 0 Å². The number of hydrogen-bond acceptors (Lipinski definition) is 4. The summed E-state index contributed by atoms with van der Waals surface area (Å²) in [6.07, 6.45) is 0. The second-order valence-corrected chi connectivity index (χ2v) is 4.80. The van der Waals surface area contributed by atoms with Gasteiger partial charge in [0.2, 0.25) is 5.78 Å². The molecule has 18 heavy (non-hydrogen) atoms. The predicted molar refractivity (Wildman–Crippen MR) is 68.3 cm³/mol. The number of carbonyl (C=O) groups is 2. The molecule has 0 fully saturated rings. The van der Waals surface area contributed by atoms with Gasteiger partial charge in [-0.1, -0.05) is 6.07 Å². The monoisotopic (exact) mass is 259 g/mol. The molecule has 4 nitrogen and oxygen atoms in total. The van der Waals surface area contributed by atoms with Gasteiger partial charge in [-0.3, -0.25) is 9.59 Å². The fraction of sp³-hybridized carbons (Fsp3) is 0.0769. The third-order valence-electron chi connectivity index (χ3n) is 2.62. The number of anilines is 1. The summed E-state index contributed by atoms with van der Waals surface area (Å²) in [5.74, 6) is 0.341. The zero-order chi connectivity index (χ0) is 12.5. The van der Waals surface area contributed by atoms with E-state index >= 15 is 0 Å². The molecule has 90 valence electrons. The molecular formula is C13H9NO3S. The summed E-state index contributed by atoms with van der Waals surface area (Å²) >= 11 is 1.40. The molecule has 0 atom stereocenters. The van der Waals surface area contributed by atoms with Gasteiger partial charge in [0.1, 0.15) is 5.75 Å². The zero-order valence-electron chi connectivity index (χ0n) is 9.30. The van der Waals surface area contributed by atoms with E-state index < -0.39 is 0 Å². The molecule has 1 aromatic carbocycles. The Balaban J connectivity index is 1.97. The largest absolute Gasteiger partial charge is 0.482 e. The van der Waals surface area contributed by atoms with Crippen molar-refractivity contribution in [2.75, 3.05) is 11.9 Å². The summed E-state index contributed by atoms with van der Waals surface area (Å²) in [5, 5.41) is 4.55. The van der Waals surface area contributed by atoms with E-state index in [0.717, 1.165) is 0 Å². The van der Waals surface area contributed by atoms with Gasteiger partial charge < -0.3 is 10.1 Å². The van der Waals surface area contributed by atoms with Crippen molar-refractivity contribution in [1.82, 2.24) is 0 Å². The van der Waals surface area contributed by atoms with Crippen LogP contribution in [0.1, 0.15) is 15.2 Å². The highest BCUT2D eigenvalue weighted by atomic mass is 32.1. The van der Waals surface area contributed by atoms with Gasteiger partial charge in [-0.2, -0.15) is 0 Å². The van der Waals surface area contributed by atoms with E-state index in [0.29, 0.717) is 21.9 Å². The summed E-state index contributed by atoms with van der Waals surface area (Å²) < 4.78 is 5.24. The van der Waals surface area contributed by atoms with Crippen molar-refractivity contribution in [3.63, 3.8) is 0 Å². The van der Waals surface area contributed by atoms with E-state index in [-0.39, 0.29) is 18.3 Å². The average Bonchev–Trinajstić information content (AvgIpc) is 2.90. The fourth-order valence-corrected chi connectivity index (χ4v) is 2.46. The molecule has 2 aromatic rings. The summed E-state index contributed by atoms with van der Waals surface area (Å²) in [6, 6.07) is 8.67. The lowest BCUT2D eigenvalue weighted by molar-refractivity contribution is -0.118. The van der Waals surface area contributed by atoms with E-state index in [2.05, 4.69) is 5.32 Å². The molecule has 1 aromatic heterocycles. The molecule has 1 N–H and O–H groups in total. The first-order valence-electron chi connectivity index (χ1n) is 5.39. The lowest BCUT2D eigenvalue weighted by Gasteiger charge is -2.18. The number of thiophene rings is 1. The Hall–Kier alpha value is -2.14. The Kier molecular flexibility index (Phi) is 2.60. The molecule has 2 heterocycles. The Labute approximate surface area is 107 Å². The number of carbonyl (C=O) groups excluding carboxylic acids is 2. The van der Waals surface area contributed by atoms with Gasteiger partial charge in [-0.05, 0) is 29.6 Å². The van der Waals surface area contributed by atoms with Gasteiger partial charge >= 0.3 is 0 Å². The third-order valence-corrected chi connectivity index (χ3v) is 3.49. The summed E-state index contributed by atoms with van der Waals surface area (Å²) in [6.45, 7) is 0.0191. The van der Waals surface area contributed by atoms with Crippen molar-refractivity contribution < 1.29 is 14.3 Å².